The molecule has 3 aliphatic heterocycles. The number of hydrogen-bond acceptors (Lipinski definition) is 9. The van der Waals surface area contributed by atoms with Crippen LogP contribution < -0.4 is 10.6 Å². The van der Waals surface area contributed by atoms with E-state index < -0.39 is 22.8 Å². The molecule has 2 aromatic rings. The van der Waals surface area contributed by atoms with Gasteiger partial charge in [-0.2, -0.15) is 0 Å². The quantitative estimate of drug-likeness (QED) is 0.366. The topological polar surface area (TPSA) is 130 Å². The molecule has 1 fully saturated rings. The number of piperidine rings is 1. The lowest BCUT2D eigenvalue weighted by molar-refractivity contribution is -0.138. The molecule has 3 atom stereocenters. The van der Waals surface area contributed by atoms with Gasteiger partial charge in [0.15, 0.2) is 0 Å². The molecular formula is C27H36N6O4S. The molecule has 0 saturated carbocycles. The molecule has 3 N–H and O–H groups in total. The Kier molecular flexibility index (Phi) is 8.65. The number of nitrogens with one attached hydrogen (secondary N) is 2. The summed E-state index contributed by atoms with van der Waals surface area (Å²) in [5.41, 5.74) is 3.87. The molecule has 0 aliphatic carbocycles. The van der Waals surface area contributed by atoms with Crippen LogP contribution in [0.4, 0.5) is 11.6 Å². The summed E-state index contributed by atoms with van der Waals surface area (Å²) in [6, 6.07) is 3.51. The van der Waals surface area contributed by atoms with Gasteiger partial charge in [-0.3, -0.25) is 0 Å². The van der Waals surface area contributed by atoms with E-state index in [1.54, 1.807) is 5.41 Å². The predicted molar refractivity (Wildman–Crippen MR) is 147 cm³/mol. The summed E-state index contributed by atoms with van der Waals surface area (Å²) in [7, 11) is -1.33. The molecule has 0 radical (unpaired) electrons. The highest BCUT2D eigenvalue weighted by Crippen LogP contribution is 2.33. The molecule has 0 aromatic carbocycles. The van der Waals surface area contributed by atoms with E-state index in [1.807, 2.05) is 6.92 Å². The summed E-state index contributed by atoms with van der Waals surface area (Å²) in [6.07, 6.45) is 8.05. The van der Waals surface area contributed by atoms with Crippen molar-refractivity contribution < 1.29 is 18.8 Å². The van der Waals surface area contributed by atoms with Crippen LogP contribution in [0.5, 0.6) is 0 Å². The number of fused-ring (bicyclic) bond motifs is 2. The van der Waals surface area contributed by atoms with E-state index in [1.165, 1.54) is 18.3 Å². The summed E-state index contributed by atoms with van der Waals surface area (Å²) in [6.45, 7) is 6.09. The summed E-state index contributed by atoms with van der Waals surface area (Å²) < 4.78 is 18.3. The summed E-state index contributed by atoms with van der Waals surface area (Å²) >= 11 is 0. The molecular weight excluding hydrogens is 504 g/mol. The molecule has 204 valence electrons. The van der Waals surface area contributed by atoms with Gasteiger partial charge >= 0.3 is 5.97 Å². The average molecular weight is 541 g/mol. The van der Waals surface area contributed by atoms with Gasteiger partial charge in [-0.1, -0.05) is 6.07 Å². The minimum Gasteiger partial charge on any atom is -0.480 e. The number of aliphatic carboxylic acids is 1. The number of hydrogen-bond donors (Lipinski definition) is 3. The number of likely N-dealkylation sites (tertiary alicyclic amines) is 1. The van der Waals surface area contributed by atoms with Gasteiger partial charge in [-0.15, -0.1) is 0 Å². The van der Waals surface area contributed by atoms with E-state index in [-0.39, 0.29) is 6.10 Å². The summed E-state index contributed by atoms with van der Waals surface area (Å²) in [5.74, 6) is 0.480. The molecule has 0 spiro atoms. The van der Waals surface area contributed by atoms with Crippen molar-refractivity contribution >= 4 is 34.0 Å². The smallest absolute Gasteiger partial charge is 0.326 e. The first kappa shape index (κ1) is 26.7. The number of allylic oxidation sites excluding steroid dienone is 1. The highest BCUT2D eigenvalue weighted by atomic mass is 32.2. The number of aryl methyl sites for hydroxylation is 2. The number of anilines is 2. The van der Waals surface area contributed by atoms with Crippen LogP contribution >= 0.6 is 0 Å². The van der Waals surface area contributed by atoms with Crippen molar-refractivity contribution in [2.45, 2.75) is 69.0 Å². The van der Waals surface area contributed by atoms with Crippen molar-refractivity contribution in [3.05, 3.63) is 40.7 Å². The van der Waals surface area contributed by atoms with E-state index in [9.17, 15) is 14.1 Å². The Morgan fingerprint density at radius 3 is 3.11 bits per heavy atom. The number of nitrogens with zero attached hydrogens (tertiary/aromatic N) is 4. The van der Waals surface area contributed by atoms with E-state index in [0.29, 0.717) is 29.4 Å². The SMILES string of the molecule is CC1=CS(=O)c2ncnc(N[C@@H](CCO[C@@H]3CCCN(CCCc4ccc5c(n4)NCCC5)C3)C(=O)O)c21. The van der Waals surface area contributed by atoms with Gasteiger partial charge in [-0.05, 0) is 75.7 Å². The first-order chi connectivity index (χ1) is 18.5. The zero-order valence-corrected chi connectivity index (χ0v) is 22.6. The Balaban J connectivity index is 1.07. The Morgan fingerprint density at radius 1 is 1.34 bits per heavy atom. The molecule has 1 saturated heterocycles. The monoisotopic (exact) mass is 540 g/mol. The van der Waals surface area contributed by atoms with Crippen LogP contribution in [-0.4, -0.2) is 80.1 Å². The van der Waals surface area contributed by atoms with Gasteiger partial charge in [0.2, 0.25) is 0 Å². The third-order valence-corrected chi connectivity index (χ3v) is 8.63. The van der Waals surface area contributed by atoms with Crippen LogP contribution in [0.3, 0.4) is 0 Å². The lowest BCUT2D eigenvalue weighted by Crippen LogP contribution is -2.41. The fourth-order valence-electron chi connectivity index (χ4n) is 5.38. The van der Waals surface area contributed by atoms with Gasteiger partial charge in [0.1, 0.15) is 29.0 Å². The number of carboxylic acids is 1. The number of carboxylic acid groups (broad SMARTS) is 1. The average Bonchev–Trinajstić information content (AvgIpc) is 3.22. The number of aromatic nitrogens is 3. The van der Waals surface area contributed by atoms with Crippen LogP contribution in [0.15, 0.2) is 28.9 Å². The summed E-state index contributed by atoms with van der Waals surface area (Å²) in [5, 5.41) is 18.2. The van der Waals surface area contributed by atoms with Gasteiger partial charge in [0.25, 0.3) is 0 Å². The molecule has 1 unspecified atom stereocenters. The minimum absolute atomic E-state index is 0.0974. The minimum atomic E-state index is -1.33. The molecule has 0 bridgehead atoms. The lowest BCUT2D eigenvalue weighted by Gasteiger charge is -2.33. The molecule has 5 heterocycles. The Morgan fingerprint density at radius 2 is 2.24 bits per heavy atom. The van der Waals surface area contributed by atoms with Gasteiger partial charge < -0.3 is 25.4 Å². The maximum atomic E-state index is 12.2. The van der Waals surface area contributed by atoms with Crippen molar-refractivity contribution in [3.8, 4) is 0 Å². The van der Waals surface area contributed by atoms with Crippen LogP contribution in [0.1, 0.15) is 55.8 Å². The van der Waals surface area contributed by atoms with E-state index in [4.69, 9.17) is 9.72 Å². The third-order valence-electron chi connectivity index (χ3n) is 7.37. The van der Waals surface area contributed by atoms with Crippen molar-refractivity contribution in [1.29, 1.82) is 0 Å². The van der Waals surface area contributed by atoms with Crippen LogP contribution in [-0.2, 0) is 33.2 Å². The Bertz CT molecular complexity index is 1220. The highest BCUT2D eigenvalue weighted by Gasteiger charge is 2.27. The van der Waals surface area contributed by atoms with Gasteiger partial charge in [0, 0.05) is 37.2 Å². The first-order valence-electron chi connectivity index (χ1n) is 13.5. The largest absolute Gasteiger partial charge is 0.480 e. The zero-order chi connectivity index (χ0) is 26.5. The van der Waals surface area contributed by atoms with Gasteiger partial charge in [0.05, 0.1) is 22.5 Å². The van der Waals surface area contributed by atoms with E-state index >= 15 is 0 Å². The van der Waals surface area contributed by atoms with E-state index in [2.05, 4.69) is 37.6 Å². The zero-order valence-electron chi connectivity index (χ0n) is 21.8. The van der Waals surface area contributed by atoms with Crippen molar-refractivity contribution in [1.82, 2.24) is 19.9 Å². The van der Waals surface area contributed by atoms with Crippen molar-refractivity contribution in [2.24, 2.45) is 0 Å². The van der Waals surface area contributed by atoms with Gasteiger partial charge in [-0.25, -0.2) is 24.0 Å². The number of pyridine rings is 1. The fraction of sp³-hybridized carbons (Fsp3) is 0.556. The van der Waals surface area contributed by atoms with Crippen molar-refractivity contribution in [3.63, 3.8) is 0 Å². The molecule has 0 amide bonds. The Labute approximate surface area is 225 Å². The second-order valence-electron chi connectivity index (χ2n) is 10.2. The maximum Gasteiger partial charge on any atom is 0.326 e. The predicted octanol–water partition coefficient (Wildman–Crippen LogP) is 3.08. The molecule has 3 aliphatic rings. The summed E-state index contributed by atoms with van der Waals surface area (Å²) in [4.78, 5) is 27.5. The highest BCUT2D eigenvalue weighted by molar-refractivity contribution is 7.88. The number of carbonyl (C=O) groups is 1. The van der Waals surface area contributed by atoms with Crippen LogP contribution in [0.25, 0.3) is 5.57 Å². The van der Waals surface area contributed by atoms with E-state index in [0.717, 1.165) is 75.4 Å². The van der Waals surface area contributed by atoms with Crippen LogP contribution in [0, 0.1) is 0 Å². The van der Waals surface area contributed by atoms with Crippen LogP contribution in [0.2, 0.25) is 0 Å². The molecule has 10 nitrogen and oxygen atoms in total. The standard InChI is InChI=1S/C27H36N6O4S/c1-18-16-38(36)26-23(18)25(29-17-30-26)32-22(27(34)35)10-14-37-21-7-4-13-33(15-21)12-3-6-20-9-8-19-5-2-11-28-24(19)31-20/h8-9,16-17,21-22H,2-7,10-15H2,1H3,(H,28,31)(H,34,35)(H,29,30,32)/t21-,22+,38?/m1/s1. The molecule has 2 aromatic heterocycles. The second-order valence-corrected chi connectivity index (χ2v) is 11.4. The molecule has 38 heavy (non-hydrogen) atoms. The normalized spacial score (nSPS) is 21.7. The first-order valence-corrected chi connectivity index (χ1v) is 14.7. The number of ether oxygens (including phenoxy) is 1. The Hall–Kier alpha value is -2.89. The number of rotatable bonds is 11. The third kappa shape index (κ3) is 6.39. The second kappa shape index (κ2) is 12.3. The maximum absolute atomic E-state index is 12.2. The molecule has 11 heteroatoms. The van der Waals surface area contributed by atoms with Crippen molar-refractivity contribution in [2.75, 3.05) is 43.4 Å². The fourth-order valence-corrected chi connectivity index (χ4v) is 6.54. The lowest BCUT2D eigenvalue weighted by atomic mass is 10.1. The molecule has 5 rings (SSSR count).